The third-order valence-electron chi connectivity index (χ3n) is 3.37. The Morgan fingerprint density at radius 3 is 2.20 bits per heavy atom. The number of carboxylic acids is 1. The highest BCUT2D eigenvalue weighted by molar-refractivity contribution is 7.91. The number of halogens is 3. The van der Waals surface area contributed by atoms with Crippen LogP contribution in [0.3, 0.4) is 0 Å². The van der Waals surface area contributed by atoms with Gasteiger partial charge in [0, 0.05) is 6.42 Å². The fraction of sp³-hybridized carbons (Fsp3) is 0.467. The molecule has 0 saturated carbocycles. The molecular formula is C15H18F3NO5S. The summed E-state index contributed by atoms with van der Waals surface area (Å²) in [4.78, 5) is 22.6. The van der Waals surface area contributed by atoms with Crippen LogP contribution in [0.25, 0.3) is 0 Å². The molecule has 1 aromatic carbocycles. The van der Waals surface area contributed by atoms with Gasteiger partial charge in [-0.1, -0.05) is 19.1 Å². The Labute approximate surface area is 143 Å². The summed E-state index contributed by atoms with van der Waals surface area (Å²) in [6.07, 6.45) is -6.45. The lowest BCUT2D eigenvalue weighted by Crippen LogP contribution is -2.43. The van der Waals surface area contributed by atoms with Crippen molar-refractivity contribution in [2.45, 2.75) is 43.3 Å². The van der Waals surface area contributed by atoms with Gasteiger partial charge in [-0.25, -0.2) is 13.2 Å². The lowest BCUT2D eigenvalue weighted by atomic mass is 10.1. The number of rotatable bonds is 8. The summed E-state index contributed by atoms with van der Waals surface area (Å²) in [6.45, 7) is 1.51. The van der Waals surface area contributed by atoms with Gasteiger partial charge in [0.05, 0.1) is 17.1 Å². The zero-order chi connectivity index (χ0) is 19.3. The lowest BCUT2D eigenvalue weighted by Gasteiger charge is -2.16. The number of aliphatic carboxylic acids is 1. The quantitative estimate of drug-likeness (QED) is 0.717. The number of carbonyl (C=O) groups is 2. The first-order valence-electron chi connectivity index (χ1n) is 7.35. The van der Waals surface area contributed by atoms with Crippen molar-refractivity contribution in [1.29, 1.82) is 0 Å². The van der Waals surface area contributed by atoms with E-state index < -0.39 is 40.4 Å². The van der Waals surface area contributed by atoms with Crippen LogP contribution in [0.5, 0.6) is 0 Å². The largest absolute Gasteiger partial charge is 0.480 e. The van der Waals surface area contributed by atoms with Crippen LogP contribution in [0, 0.1) is 0 Å². The van der Waals surface area contributed by atoms with E-state index in [1.54, 1.807) is 0 Å². The Hall–Kier alpha value is -2.10. The summed E-state index contributed by atoms with van der Waals surface area (Å²) in [5.74, 6) is -2.65. The molecule has 0 saturated heterocycles. The molecule has 25 heavy (non-hydrogen) atoms. The van der Waals surface area contributed by atoms with Gasteiger partial charge in [0.25, 0.3) is 0 Å². The maximum atomic E-state index is 12.3. The minimum absolute atomic E-state index is 0.0511. The van der Waals surface area contributed by atoms with Gasteiger partial charge >= 0.3 is 12.1 Å². The van der Waals surface area contributed by atoms with E-state index in [0.29, 0.717) is 5.56 Å². The van der Waals surface area contributed by atoms with E-state index in [9.17, 15) is 31.2 Å². The molecule has 0 bridgehead atoms. The van der Waals surface area contributed by atoms with Crippen molar-refractivity contribution >= 4 is 21.7 Å². The number of carboxylic acid groups (broad SMARTS) is 1. The van der Waals surface area contributed by atoms with Crippen LogP contribution in [0.4, 0.5) is 13.2 Å². The number of hydrogen-bond acceptors (Lipinski definition) is 4. The van der Waals surface area contributed by atoms with E-state index in [2.05, 4.69) is 0 Å². The molecular weight excluding hydrogens is 363 g/mol. The molecule has 1 aromatic rings. The molecule has 1 amide bonds. The molecule has 0 heterocycles. The van der Waals surface area contributed by atoms with Gasteiger partial charge in [0.15, 0.2) is 9.84 Å². The molecule has 1 unspecified atom stereocenters. The van der Waals surface area contributed by atoms with E-state index in [4.69, 9.17) is 5.11 Å². The molecule has 2 N–H and O–H groups in total. The third kappa shape index (κ3) is 7.12. The highest BCUT2D eigenvalue weighted by Gasteiger charge is 2.36. The van der Waals surface area contributed by atoms with Crippen molar-refractivity contribution in [3.63, 3.8) is 0 Å². The summed E-state index contributed by atoms with van der Waals surface area (Å²) < 4.78 is 60.1. The number of aryl methyl sites for hydroxylation is 1. The summed E-state index contributed by atoms with van der Waals surface area (Å²) >= 11 is 0. The van der Waals surface area contributed by atoms with Crippen LogP contribution in [-0.2, 0) is 25.8 Å². The normalized spacial score (nSPS) is 13.3. The number of benzene rings is 1. The van der Waals surface area contributed by atoms with Gasteiger partial charge < -0.3 is 10.4 Å². The van der Waals surface area contributed by atoms with Crippen LogP contribution in [-0.4, -0.2) is 43.4 Å². The summed E-state index contributed by atoms with van der Waals surface area (Å²) in [5, 5.41) is 10.6. The molecule has 0 fully saturated rings. The molecule has 140 valence electrons. The fourth-order valence-electron chi connectivity index (χ4n) is 1.99. The lowest BCUT2D eigenvalue weighted by molar-refractivity contribution is -0.160. The van der Waals surface area contributed by atoms with Crippen molar-refractivity contribution in [2.24, 2.45) is 0 Å². The van der Waals surface area contributed by atoms with Crippen LogP contribution in [0.15, 0.2) is 29.2 Å². The second kappa shape index (κ2) is 8.32. The van der Waals surface area contributed by atoms with Gasteiger partial charge in [-0.15, -0.1) is 0 Å². The highest BCUT2D eigenvalue weighted by atomic mass is 32.2. The number of carbonyl (C=O) groups excluding carboxylic acids is 1. The molecule has 0 radical (unpaired) electrons. The Kier molecular flexibility index (Phi) is 6.97. The van der Waals surface area contributed by atoms with E-state index in [0.717, 1.165) is 0 Å². The van der Waals surface area contributed by atoms with Crippen molar-refractivity contribution in [1.82, 2.24) is 5.32 Å². The van der Waals surface area contributed by atoms with E-state index in [1.807, 2.05) is 5.32 Å². The number of hydrogen-bond donors (Lipinski definition) is 2. The summed E-state index contributed by atoms with van der Waals surface area (Å²) in [7, 11) is -3.34. The fourth-order valence-corrected chi connectivity index (χ4v) is 2.87. The molecule has 1 atom stereocenters. The summed E-state index contributed by atoms with van der Waals surface area (Å²) in [5.41, 5.74) is 0.605. The molecule has 1 rings (SSSR count). The first-order valence-corrected chi connectivity index (χ1v) is 9.00. The molecule has 0 aliphatic heterocycles. The topological polar surface area (TPSA) is 101 Å². The third-order valence-corrected chi connectivity index (χ3v) is 5.12. The molecule has 0 spiro atoms. The smallest absolute Gasteiger partial charge is 0.391 e. The maximum absolute atomic E-state index is 12.3. The van der Waals surface area contributed by atoms with Gasteiger partial charge in [0.1, 0.15) is 6.04 Å². The summed E-state index contributed by atoms with van der Waals surface area (Å²) in [6, 6.07) is 3.73. The Balaban J connectivity index is 2.62. The number of amides is 1. The molecule has 0 aromatic heterocycles. The minimum atomic E-state index is -4.71. The van der Waals surface area contributed by atoms with E-state index >= 15 is 0 Å². The molecule has 6 nitrogen and oxygen atoms in total. The number of alkyl halides is 3. The Morgan fingerprint density at radius 2 is 1.76 bits per heavy atom. The first kappa shape index (κ1) is 20.9. The van der Waals surface area contributed by atoms with Crippen molar-refractivity contribution < 1.29 is 36.3 Å². The van der Waals surface area contributed by atoms with Crippen molar-refractivity contribution in [3.8, 4) is 0 Å². The number of nitrogens with one attached hydrogen (secondary N) is 1. The Bertz CT molecular complexity index is 714. The second-order valence-corrected chi connectivity index (χ2v) is 7.60. The van der Waals surface area contributed by atoms with Gasteiger partial charge in [-0.2, -0.15) is 13.2 Å². The Morgan fingerprint density at radius 1 is 1.20 bits per heavy atom. The van der Waals surface area contributed by atoms with Crippen molar-refractivity contribution in [3.05, 3.63) is 29.8 Å². The van der Waals surface area contributed by atoms with Gasteiger partial charge in [-0.3, -0.25) is 4.79 Å². The second-order valence-electron chi connectivity index (χ2n) is 5.33. The minimum Gasteiger partial charge on any atom is -0.480 e. The maximum Gasteiger partial charge on any atom is 0.391 e. The average molecular weight is 381 g/mol. The predicted octanol–water partition coefficient (Wildman–Crippen LogP) is 1.93. The molecule has 0 aliphatic carbocycles. The average Bonchev–Trinajstić information content (AvgIpc) is 2.51. The van der Waals surface area contributed by atoms with E-state index in [1.165, 1.54) is 31.2 Å². The van der Waals surface area contributed by atoms with Crippen LogP contribution in [0.2, 0.25) is 0 Å². The molecule has 10 heteroatoms. The zero-order valence-electron chi connectivity index (χ0n) is 13.3. The monoisotopic (exact) mass is 381 g/mol. The van der Waals surface area contributed by atoms with Gasteiger partial charge in [-0.05, 0) is 24.1 Å². The zero-order valence-corrected chi connectivity index (χ0v) is 14.2. The van der Waals surface area contributed by atoms with E-state index in [-0.39, 0.29) is 23.5 Å². The van der Waals surface area contributed by atoms with Crippen LogP contribution in [0.1, 0.15) is 25.3 Å². The van der Waals surface area contributed by atoms with Crippen molar-refractivity contribution in [2.75, 3.05) is 5.75 Å². The first-order chi connectivity index (χ1) is 11.4. The predicted molar refractivity (Wildman–Crippen MR) is 82.7 cm³/mol. The van der Waals surface area contributed by atoms with Gasteiger partial charge in [0.2, 0.25) is 5.91 Å². The SMILES string of the molecule is CCS(=O)(=O)c1ccc(CCC(=O)NC(CC(F)(F)F)C(=O)O)cc1. The standard InChI is InChI=1S/C15H18F3NO5S/c1-2-25(23,24)11-6-3-10(4-7-11)5-8-13(20)19-12(14(21)22)9-15(16,17)18/h3-4,6-7,12H,2,5,8-9H2,1H3,(H,19,20)(H,21,22). The highest BCUT2D eigenvalue weighted by Crippen LogP contribution is 2.21. The van der Waals surface area contributed by atoms with Crippen LogP contribution < -0.4 is 5.32 Å². The molecule has 0 aliphatic rings. The number of sulfone groups is 1. The van der Waals surface area contributed by atoms with Crippen LogP contribution >= 0.6 is 0 Å².